The van der Waals surface area contributed by atoms with E-state index in [2.05, 4.69) is 21.2 Å². The van der Waals surface area contributed by atoms with Crippen LogP contribution >= 0.6 is 15.9 Å². The van der Waals surface area contributed by atoms with Crippen LogP contribution in [0.2, 0.25) is 0 Å². The van der Waals surface area contributed by atoms with Gasteiger partial charge < -0.3 is 10.1 Å². The van der Waals surface area contributed by atoms with Gasteiger partial charge in [0.05, 0.1) is 10.6 Å². The first-order valence-electron chi connectivity index (χ1n) is 6.44. The summed E-state index contributed by atoms with van der Waals surface area (Å²) in [4.78, 5) is 22.3. The van der Waals surface area contributed by atoms with Crippen LogP contribution in [-0.4, -0.2) is 16.9 Å². The van der Waals surface area contributed by atoms with Crippen LogP contribution in [0.15, 0.2) is 53.0 Å². The Morgan fingerprint density at radius 2 is 1.95 bits per heavy atom. The van der Waals surface area contributed by atoms with Crippen LogP contribution in [0.1, 0.15) is 6.92 Å². The highest BCUT2D eigenvalue weighted by Crippen LogP contribution is 2.27. The fourth-order valence-electron chi connectivity index (χ4n) is 1.71. The number of carbonyl (C=O) groups is 1. The first kappa shape index (κ1) is 16.0. The molecule has 0 radical (unpaired) electrons. The first-order valence-corrected chi connectivity index (χ1v) is 7.23. The topological polar surface area (TPSA) is 81.5 Å². The maximum Gasteiger partial charge on any atom is 0.270 e. The summed E-state index contributed by atoms with van der Waals surface area (Å²) < 4.78 is 5.95. The van der Waals surface area contributed by atoms with Gasteiger partial charge in [0.25, 0.3) is 11.6 Å². The lowest BCUT2D eigenvalue weighted by molar-refractivity contribution is -0.384. The molecule has 2 aromatic carbocycles. The van der Waals surface area contributed by atoms with E-state index in [4.69, 9.17) is 4.74 Å². The van der Waals surface area contributed by atoms with Gasteiger partial charge in [-0.2, -0.15) is 0 Å². The van der Waals surface area contributed by atoms with Crippen molar-refractivity contribution in [2.75, 3.05) is 5.32 Å². The normalized spacial score (nSPS) is 11.5. The zero-order chi connectivity index (χ0) is 16.1. The Labute approximate surface area is 135 Å². The average molecular weight is 365 g/mol. The number of hydrogen-bond donors (Lipinski definition) is 1. The molecule has 0 saturated heterocycles. The van der Waals surface area contributed by atoms with E-state index in [1.54, 1.807) is 19.1 Å². The minimum absolute atomic E-state index is 0.0570. The molecule has 2 aromatic rings. The van der Waals surface area contributed by atoms with Crippen molar-refractivity contribution in [1.29, 1.82) is 0 Å². The number of non-ortho nitro benzene ring substituents is 1. The van der Waals surface area contributed by atoms with Gasteiger partial charge in [-0.25, -0.2) is 0 Å². The van der Waals surface area contributed by atoms with Crippen LogP contribution in [0.5, 0.6) is 5.75 Å². The fourth-order valence-corrected chi connectivity index (χ4v) is 2.18. The van der Waals surface area contributed by atoms with E-state index in [1.807, 2.05) is 18.2 Å². The number of rotatable bonds is 5. The molecule has 0 aliphatic heterocycles. The van der Waals surface area contributed by atoms with Gasteiger partial charge in [-0.1, -0.05) is 18.2 Å². The Morgan fingerprint density at radius 1 is 1.27 bits per heavy atom. The van der Waals surface area contributed by atoms with E-state index in [1.165, 1.54) is 18.2 Å². The van der Waals surface area contributed by atoms with Gasteiger partial charge in [-0.15, -0.1) is 0 Å². The zero-order valence-electron chi connectivity index (χ0n) is 11.7. The molecule has 0 spiro atoms. The maximum atomic E-state index is 12.1. The first-order chi connectivity index (χ1) is 10.5. The molecule has 0 aromatic heterocycles. The van der Waals surface area contributed by atoms with Gasteiger partial charge in [0, 0.05) is 16.6 Å². The molecular weight excluding hydrogens is 352 g/mol. The molecule has 0 bridgehead atoms. The number of hydrogen-bond acceptors (Lipinski definition) is 4. The molecule has 0 fully saturated rings. The van der Waals surface area contributed by atoms with E-state index in [0.717, 1.165) is 0 Å². The number of para-hydroxylation sites is 1. The van der Waals surface area contributed by atoms with E-state index in [9.17, 15) is 14.9 Å². The number of amides is 1. The van der Waals surface area contributed by atoms with Crippen LogP contribution in [0.25, 0.3) is 0 Å². The number of ether oxygens (including phenoxy) is 1. The second kappa shape index (κ2) is 7.04. The van der Waals surface area contributed by atoms with Gasteiger partial charge in [0.1, 0.15) is 5.75 Å². The minimum atomic E-state index is -0.704. The molecule has 22 heavy (non-hydrogen) atoms. The average Bonchev–Trinajstić information content (AvgIpc) is 2.50. The molecule has 1 amide bonds. The molecule has 114 valence electrons. The number of nitro benzene ring substituents is 1. The number of benzene rings is 2. The molecule has 0 aliphatic rings. The van der Waals surface area contributed by atoms with Gasteiger partial charge in [-0.3, -0.25) is 14.9 Å². The zero-order valence-corrected chi connectivity index (χ0v) is 13.2. The lowest BCUT2D eigenvalue weighted by Crippen LogP contribution is -2.30. The van der Waals surface area contributed by atoms with Crippen molar-refractivity contribution in [2.45, 2.75) is 13.0 Å². The second-order valence-corrected chi connectivity index (χ2v) is 5.34. The molecule has 0 unspecified atom stereocenters. The van der Waals surface area contributed by atoms with Gasteiger partial charge in [0.15, 0.2) is 6.10 Å². The SMILES string of the molecule is C[C@H](Oc1ccccc1)C(=O)Nc1ccc([N+](=O)[O-])cc1Br. The predicted molar refractivity (Wildman–Crippen MR) is 86.0 cm³/mol. The molecule has 0 aliphatic carbocycles. The summed E-state index contributed by atoms with van der Waals surface area (Å²) in [5.74, 6) is 0.242. The summed E-state index contributed by atoms with van der Waals surface area (Å²) in [7, 11) is 0. The molecule has 6 nitrogen and oxygen atoms in total. The van der Waals surface area contributed by atoms with Crippen molar-refractivity contribution in [1.82, 2.24) is 0 Å². The van der Waals surface area contributed by atoms with Crippen LogP contribution in [0.3, 0.4) is 0 Å². The maximum absolute atomic E-state index is 12.1. The van der Waals surface area contributed by atoms with Crippen molar-refractivity contribution in [3.8, 4) is 5.75 Å². The molecule has 1 N–H and O–H groups in total. The van der Waals surface area contributed by atoms with Gasteiger partial charge in [0.2, 0.25) is 0 Å². The van der Waals surface area contributed by atoms with Crippen molar-refractivity contribution in [3.63, 3.8) is 0 Å². The smallest absolute Gasteiger partial charge is 0.270 e. The van der Waals surface area contributed by atoms with E-state index in [-0.39, 0.29) is 11.6 Å². The van der Waals surface area contributed by atoms with Crippen LogP contribution in [0, 0.1) is 10.1 Å². The van der Waals surface area contributed by atoms with Crippen molar-refractivity contribution in [3.05, 3.63) is 63.1 Å². The molecule has 2 rings (SSSR count). The molecular formula is C15H13BrN2O4. The number of halogens is 1. The third kappa shape index (κ3) is 4.05. The second-order valence-electron chi connectivity index (χ2n) is 4.48. The van der Waals surface area contributed by atoms with E-state index < -0.39 is 11.0 Å². The molecule has 7 heteroatoms. The number of carbonyl (C=O) groups excluding carboxylic acids is 1. The lowest BCUT2D eigenvalue weighted by Gasteiger charge is -2.15. The third-order valence-electron chi connectivity index (χ3n) is 2.85. The summed E-state index contributed by atoms with van der Waals surface area (Å²) in [5.41, 5.74) is 0.387. The predicted octanol–water partition coefficient (Wildman–Crippen LogP) is 3.76. The number of anilines is 1. The van der Waals surface area contributed by atoms with Gasteiger partial charge >= 0.3 is 0 Å². The van der Waals surface area contributed by atoms with E-state index in [0.29, 0.717) is 15.9 Å². The Kier molecular flexibility index (Phi) is 5.11. The monoisotopic (exact) mass is 364 g/mol. The largest absolute Gasteiger partial charge is 0.481 e. The van der Waals surface area contributed by atoms with Crippen molar-refractivity contribution >= 4 is 33.2 Å². The highest BCUT2D eigenvalue weighted by atomic mass is 79.9. The van der Waals surface area contributed by atoms with Crippen molar-refractivity contribution in [2.24, 2.45) is 0 Å². The van der Waals surface area contributed by atoms with E-state index >= 15 is 0 Å². The van der Waals surface area contributed by atoms with Crippen LogP contribution in [-0.2, 0) is 4.79 Å². The Morgan fingerprint density at radius 3 is 2.55 bits per heavy atom. The lowest BCUT2D eigenvalue weighted by atomic mass is 10.2. The van der Waals surface area contributed by atoms with Crippen LogP contribution in [0.4, 0.5) is 11.4 Å². The highest BCUT2D eigenvalue weighted by molar-refractivity contribution is 9.10. The Hall–Kier alpha value is -2.41. The summed E-state index contributed by atoms with van der Waals surface area (Å²) in [5, 5.41) is 13.3. The number of nitrogens with one attached hydrogen (secondary N) is 1. The minimum Gasteiger partial charge on any atom is -0.481 e. The Balaban J connectivity index is 2.04. The summed E-state index contributed by atoms with van der Waals surface area (Å²) >= 11 is 3.20. The molecule has 0 saturated carbocycles. The molecule has 0 heterocycles. The van der Waals surface area contributed by atoms with Crippen LogP contribution < -0.4 is 10.1 Å². The number of nitro groups is 1. The summed E-state index contributed by atoms with van der Waals surface area (Å²) in [6.45, 7) is 1.63. The molecule has 1 atom stereocenters. The third-order valence-corrected chi connectivity index (χ3v) is 3.50. The number of nitrogens with zero attached hydrogens (tertiary/aromatic N) is 1. The highest BCUT2D eigenvalue weighted by Gasteiger charge is 2.17. The summed E-state index contributed by atoms with van der Waals surface area (Å²) in [6.07, 6.45) is -0.704. The summed E-state index contributed by atoms with van der Waals surface area (Å²) in [6, 6.07) is 13.1. The fraction of sp³-hybridized carbons (Fsp3) is 0.133. The van der Waals surface area contributed by atoms with Gasteiger partial charge in [-0.05, 0) is 41.1 Å². The quantitative estimate of drug-likeness (QED) is 0.646. The van der Waals surface area contributed by atoms with Crippen molar-refractivity contribution < 1.29 is 14.5 Å². The standard InChI is InChI=1S/C15H13BrN2O4/c1-10(22-12-5-3-2-4-6-12)15(19)17-14-8-7-11(18(20)21)9-13(14)16/h2-10H,1H3,(H,17,19)/t10-/m0/s1. The Bertz CT molecular complexity index is 691.